The molecular weight excluding hydrogens is 290 g/mol. The highest BCUT2D eigenvalue weighted by atomic mass is 35.5. The Morgan fingerprint density at radius 2 is 2.20 bits per heavy atom. The highest BCUT2D eigenvalue weighted by Gasteiger charge is 2.22. The molecule has 0 amide bonds. The fourth-order valence-electron chi connectivity index (χ4n) is 2.43. The molecule has 0 radical (unpaired) electrons. The molecule has 1 unspecified atom stereocenters. The predicted molar refractivity (Wildman–Crippen MR) is 85.6 cm³/mol. The third kappa shape index (κ3) is 2.35. The van der Waals surface area contributed by atoms with Gasteiger partial charge in [-0.3, -0.25) is 4.68 Å². The number of aromatic nitrogens is 2. The van der Waals surface area contributed by atoms with Crippen LogP contribution in [-0.4, -0.2) is 16.3 Å². The molecule has 0 aliphatic heterocycles. The van der Waals surface area contributed by atoms with Crippen molar-refractivity contribution in [2.24, 2.45) is 7.05 Å². The van der Waals surface area contributed by atoms with E-state index >= 15 is 0 Å². The molecule has 2 heterocycles. The topological polar surface area (TPSA) is 29.9 Å². The van der Waals surface area contributed by atoms with Gasteiger partial charge in [-0.15, -0.1) is 11.3 Å². The number of nitrogens with zero attached hydrogens (tertiary/aromatic N) is 2. The van der Waals surface area contributed by atoms with Gasteiger partial charge in [0, 0.05) is 16.6 Å². The smallest absolute Gasteiger partial charge is 0.0857 e. The summed E-state index contributed by atoms with van der Waals surface area (Å²) in [5, 5.41) is 9.73. The third-order valence-electron chi connectivity index (χ3n) is 3.35. The maximum atomic E-state index is 6.31. The number of hydrogen-bond donors (Lipinski definition) is 1. The summed E-state index contributed by atoms with van der Waals surface area (Å²) in [5.41, 5.74) is 1.01. The van der Waals surface area contributed by atoms with Crippen LogP contribution in [0, 0.1) is 0 Å². The van der Waals surface area contributed by atoms with Gasteiger partial charge in [-0.2, -0.15) is 5.10 Å². The fourth-order valence-corrected chi connectivity index (χ4v) is 3.84. The normalized spacial score (nSPS) is 12.9. The standard InChI is InChI=1S/C15H16ClN3S/c1-3-17-14(15-11(16)9-18-19(15)2)13-8-10-6-4-5-7-12(10)20-13/h4-9,14,17H,3H2,1-2H3. The van der Waals surface area contributed by atoms with Gasteiger partial charge in [-0.1, -0.05) is 36.7 Å². The Balaban J connectivity index is 2.10. The van der Waals surface area contributed by atoms with Crippen LogP contribution in [0.2, 0.25) is 5.02 Å². The number of thiophene rings is 1. The van der Waals surface area contributed by atoms with Crippen molar-refractivity contribution in [3.63, 3.8) is 0 Å². The van der Waals surface area contributed by atoms with Crippen LogP contribution in [0.4, 0.5) is 0 Å². The molecule has 0 saturated heterocycles. The molecule has 0 fully saturated rings. The summed E-state index contributed by atoms with van der Waals surface area (Å²) in [7, 11) is 1.93. The van der Waals surface area contributed by atoms with E-state index in [4.69, 9.17) is 11.6 Å². The average molecular weight is 306 g/mol. The van der Waals surface area contributed by atoms with Crippen LogP contribution in [0.25, 0.3) is 10.1 Å². The van der Waals surface area contributed by atoms with Crippen molar-refractivity contribution >= 4 is 33.0 Å². The van der Waals surface area contributed by atoms with E-state index in [1.807, 2.05) is 11.7 Å². The second-order valence-electron chi connectivity index (χ2n) is 4.68. The zero-order valence-electron chi connectivity index (χ0n) is 11.4. The molecule has 20 heavy (non-hydrogen) atoms. The van der Waals surface area contributed by atoms with E-state index in [0.717, 1.165) is 12.2 Å². The SMILES string of the molecule is CCNC(c1cc2ccccc2s1)c1c(Cl)cnn1C. The van der Waals surface area contributed by atoms with Crippen molar-refractivity contribution in [2.75, 3.05) is 6.54 Å². The van der Waals surface area contributed by atoms with Crippen LogP contribution in [0.5, 0.6) is 0 Å². The van der Waals surface area contributed by atoms with Crippen LogP contribution in [-0.2, 0) is 7.05 Å². The summed E-state index contributed by atoms with van der Waals surface area (Å²) in [6.07, 6.45) is 1.70. The first-order valence-corrected chi connectivity index (χ1v) is 7.79. The molecule has 1 N–H and O–H groups in total. The van der Waals surface area contributed by atoms with Crippen molar-refractivity contribution in [1.29, 1.82) is 0 Å². The molecule has 1 aromatic carbocycles. The molecule has 1 atom stereocenters. The number of nitrogens with one attached hydrogen (secondary N) is 1. The Kier molecular flexibility index (Phi) is 3.78. The van der Waals surface area contributed by atoms with E-state index < -0.39 is 0 Å². The molecule has 0 saturated carbocycles. The van der Waals surface area contributed by atoms with Crippen LogP contribution >= 0.6 is 22.9 Å². The quantitative estimate of drug-likeness (QED) is 0.790. The Morgan fingerprint density at radius 1 is 1.40 bits per heavy atom. The summed E-state index contributed by atoms with van der Waals surface area (Å²) < 4.78 is 3.14. The second kappa shape index (κ2) is 5.56. The first-order valence-electron chi connectivity index (χ1n) is 6.60. The Bertz CT molecular complexity index is 679. The minimum atomic E-state index is 0.0809. The number of benzene rings is 1. The van der Waals surface area contributed by atoms with E-state index in [0.29, 0.717) is 5.02 Å². The number of hydrogen-bond acceptors (Lipinski definition) is 3. The Hall–Kier alpha value is -1.36. The molecule has 104 valence electrons. The Labute approximate surface area is 127 Å². The van der Waals surface area contributed by atoms with Crippen LogP contribution < -0.4 is 5.32 Å². The largest absolute Gasteiger partial charge is 0.305 e. The van der Waals surface area contributed by atoms with Crippen LogP contribution in [0.15, 0.2) is 36.5 Å². The van der Waals surface area contributed by atoms with Crippen molar-refractivity contribution in [2.45, 2.75) is 13.0 Å². The van der Waals surface area contributed by atoms with Gasteiger partial charge in [0.05, 0.1) is 23.0 Å². The maximum absolute atomic E-state index is 6.31. The zero-order chi connectivity index (χ0) is 14.1. The van der Waals surface area contributed by atoms with Gasteiger partial charge < -0.3 is 5.32 Å². The molecular formula is C15H16ClN3S. The molecule has 0 spiro atoms. The zero-order valence-corrected chi connectivity index (χ0v) is 13.0. The van der Waals surface area contributed by atoms with E-state index in [-0.39, 0.29) is 6.04 Å². The average Bonchev–Trinajstić information content (AvgIpc) is 3.01. The minimum absolute atomic E-state index is 0.0809. The first-order chi connectivity index (χ1) is 9.70. The van der Waals surface area contributed by atoms with E-state index in [1.165, 1.54) is 15.0 Å². The number of aryl methyl sites for hydroxylation is 1. The highest BCUT2D eigenvalue weighted by Crippen LogP contribution is 2.35. The van der Waals surface area contributed by atoms with Gasteiger partial charge >= 0.3 is 0 Å². The van der Waals surface area contributed by atoms with Gasteiger partial charge in [0.25, 0.3) is 0 Å². The van der Waals surface area contributed by atoms with Gasteiger partial charge in [0.15, 0.2) is 0 Å². The van der Waals surface area contributed by atoms with Crippen molar-refractivity contribution < 1.29 is 0 Å². The molecule has 0 bridgehead atoms. The molecule has 3 aromatic rings. The first kappa shape index (κ1) is 13.6. The van der Waals surface area contributed by atoms with Crippen molar-refractivity contribution in [3.05, 3.63) is 52.1 Å². The van der Waals surface area contributed by atoms with Crippen molar-refractivity contribution in [1.82, 2.24) is 15.1 Å². The highest BCUT2D eigenvalue weighted by molar-refractivity contribution is 7.19. The van der Waals surface area contributed by atoms with E-state index in [1.54, 1.807) is 17.5 Å². The molecule has 0 aliphatic carbocycles. The minimum Gasteiger partial charge on any atom is -0.305 e. The molecule has 3 nitrogen and oxygen atoms in total. The predicted octanol–water partition coefficient (Wildman–Crippen LogP) is 3.99. The van der Waals surface area contributed by atoms with Crippen molar-refractivity contribution in [3.8, 4) is 0 Å². The third-order valence-corrected chi connectivity index (χ3v) is 4.82. The molecule has 2 aromatic heterocycles. The summed E-state index contributed by atoms with van der Waals surface area (Å²) in [6.45, 7) is 2.98. The summed E-state index contributed by atoms with van der Waals surface area (Å²) in [6, 6.07) is 10.7. The molecule has 3 rings (SSSR count). The summed E-state index contributed by atoms with van der Waals surface area (Å²) in [4.78, 5) is 1.26. The lowest BCUT2D eigenvalue weighted by Crippen LogP contribution is -2.23. The number of rotatable bonds is 4. The van der Waals surface area contributed by atoms with E-state index in [9.17, 15) is 0 Å². The lowest BCUT2D eigenvalue weighted by Gasteiger charge is -2.17. The summed E-state index contributed by atoms with van der Waals surface area (Å²) in [5.74, 6) is 0. The number of fused-ring (bicyclic) bond motifs is 1. The molecule has 5 heteroatoms. The summed E-state index contributed by atoms with van der Waals surface area (Å²) >= 11 is 8.10. The maximum Gasteiger partial charge on any atom is 0.0857 e. The van der Waals surface area contributed by atoms with Gasteiger partial charge in [-0.25, -0.2) is 0 Å². The lowest BCUT2D eigenvalue weighted by atomic mass is 10.1. The van der Waals surface area contributed by atoms with Gasteiger partial charge in [0.2, 0.25) is 0 Å². The lowest BCUT2D eigenvalue weighted by molar-refractivity contribution is 0.579. The van der Waals surface area contributed by atoms with Crippen LogP contribution in [0.1, 0.15) is 23.5 Å². The van der Waals surface area contributed by atoms with Crippen LogP contribution in [0.3, 0.4) is 0 Å². The fraction of sp³-hybridized carbons (Fsp3) is 0.267. The molecule has 0 aliphatic rings. The van der Waals surface area contributed by atoms with Gasteiger partial charge in [0.1, 0.15) is 0 Å². The van der Waals surface area contributed by atoms with Gasteiger partial charge in [-0.05, 0) is 24.1 Å². The second-order valence-corrected chi connectivity index (χ2v) is 6.20. The number of halogens is 1. The van der Waals surface area contributed by atoms with E-state index in [2.05, 4.69) is 47.7 Å². The Morgan fingerprint density at radius 3 is 2.85 bits per heavy atom. The monoisotopic (exact) mass is 305 g/mol.